The van der Waals surface area contributed by atoms with Gasteiger partial charge in [-0.2, -0.15) is 0 Å². The Hall–Kier alpha value is -1.11. The van der Waals surface area contributed by atoms with Crippen LogP contribution in [0.4, 0.5) is 0 Å². The van der Waals surface area contributed by atoms with E-state index in [0.717, 1.165) is 37.0 Å². The number of amides is 1. The SMILES string of the molecule is C[C@@]1(NC(=O)COC(=O)CC23CC4CC(CC(C4)C2)C3)CCS(=O)(=O)C1. The van der Waals surface area contributed by atoms with Gasteiger partial charge in [-0.15, -0.1) is 0 Å². The van der Waals surface area contributed by atoms with Gasteiger partial charge in [-0.05, 0) is 75.0 Å². The third-order valence-corrected chi connectivity index (χ3v) is 8.90. The Kier molecular flexibility index (Phi) is 4.36. The fourth-order valence-electron chi connectivity index (χ4n) is 6.49. The number of ether oxygens (including phenoxy) is 1. The lowest BCUT2D eigenvalue weighted by molar-refractivity contribution is -0.155. The standard InChI is InChI=1S/C19H29NO5S/c1-18(2-3-26(23,24)12-18)20-16(21)11-25-17(22)10-19-7-13-4-14(8-19)6-15(5-13)9-19/h13-15H,2-12H2,1H3,(H,20,21)/t13?,14?,15?,18-,19?/m1/s1. The van der Waals surface area contributed by atoms with Crippen LogP contribution in [0.5, 0.6) is 0 Å². The van der Waals surface area contributed by atoms with Gasteiger partial charge in [0.2, 0.25) is 0 Å². The van der Waals surface area contributed by atoms with Crippen LogP contribution in [0.25, 0.3) is 0 Å². The molecule has 0 aromatic rings. The normalized spacial score (nSPS) is 42.6. The fourth-order valence-corrected chi connectivity index (χ4v) is 8.58. The van der Waals surface area contributed by atoms with Crippen molar-refractivity contribution in [3.8, 4) is 0 Å². The third-order valence-electron chi connectivity index (χ3n) is 6.99. The molecule has 6 nitrogen and oxygen atoms in total. The van der Waals surface area contributed by atoms with E-state index in [0.29, 0.717) is 12.8 Å². The Labute approximate surface area is 155 Å². The highest BCUT2D eigenvalue weighted by molar-refractivity contribution is 7.91. The Morgan fingerprint density at radius 1 is 1.08 bits per heavy atom. The van der Waals surface area contributed by atoms with Crippen LogP contribution < -0.4 is 5.32 Å². The van der Waals surface area contributed by atoms with Crippen LogP contribution in [-0.2, 0) is 24.2 Å². The summed E-state index contributed by atoms with van der Waals surface area (Å²) in [5.41, 5.74) is -0.643. The predicted molar refractivity (Wildman–Crippen MR) is 96.0 cm³/mol. The van der Waals surface area contributed by atoms with Gasteiger partial charge >= 0.3 is 5.97 Å². The van der Waals surface area contributed by atoms with Gasteiger partial charge in [-0.25, -0.2) is 8.42 Å². The summed E-state index contributed by atoms with van der Waals surface area (Å²) in [5.74, 6) is 1.68. The second-order valence-corrected chi connectivity index (χ2v) is 11.9. The van der Waals surface area contributed by atoms with Crippen molar-refractivity contribution in [3.63, 3.8) is 0 Å². The molecule has 4 aliphatic carbocycles. The summed E-state index contributed by atoms with van der Waals surface area (Å²) in [6.45, 7) is 1.41. The average molecular weight is 384 g/mol. The third kappa shape index (κ3) is 3.78. The van der Waals surface area contributed by atoms with Crippen LogP contribution in [0.1, 0.15) is 58.3 Å². The number of carbonyl (C=O) groups excluding carboxylic acids is 2. The molecule has 1 heterocycles. The molecular formula is C19H29NO5S. The molecule has 1 N–H and O–H groups in total. The minimum Gasteiger partial charge on any atom is -0.456 e. The molecule has 7 heteroatoms. The van der Waals surface area contributed by atoms with Gasteiger partial charge in [0.15, 0.2) is 16.4 Å². The van der Waals surface area contributed by atoms with Crippen LogP contribution in [-0.4, -0.2) is 43.9 Å². The van der Waals surface area contributed by atoms with Crippen LogP contribution >= 0.6 is 0 Å². The summed E-state index contributed by atoms with van der Waals surface area (Å²) < 4.78 is 28.5. The summed E-state index contributed by atoms with van der Waals surface area (Å²) in [6, 6.07) is 0. The molecule has 1 saturated heterocycles. The highest BCUT2D eigenvalue weighted by Crippen LogP contribution is 2.61. The van der Waals surface area contributed by atoms with Crippen molar-refractivity contribution in [2.75, 3.05) is 18.1 Å². The first-order chi connectivity index (χ1) is 12.1. The van der Waals surface area contributed by atoms with E-state index in [9.17, 15) is 18.0 Å². The molecule has 0 aromatic carbocycles. The van der Waals surface area contributed by atoms with E-state index < -0.39 is 21.3 Å². The van der Waals surface area contributed by atoms with Gasteiger partial charge < -0.3 is 10.1 Å². The Morgan fingerprint density at radius 2 is 1.65 bits per heavy atom. The van der Waals surface area contributed by atoms with Crippen molar-refractivity contribution in [2.24, 2.45) is 23.2 Å². The van der Waals surface area contributed by atoms with Gasteiger partial charge in [0, 0.05) is 0 Å². The first kappa shape index (κ1) is 18.3. The van der Waals surface area contributed by atoms with Crippen molar-refractivity contribution in [1.82, 2.24) is 5.32 Å². The zero-order valence-electron chi connectivity index (χ0n) is 15.5. The predicted octanol–water partition coefficient (Wildman–Crippen LogP) is 1.83. The molecule has 0 radical (unpaired) electrons. The molecular weight excluding hydrogens is 354 g/mol. The number of hydrogen-bond acceptors (Lipinski definition) is 5. The highest BCUT2D eigenvalue weighted by atomic mass is 32.2. The first-order valence-electron chi connectivity index (χ1n) is 9.81. The molecule has 26 heavy (non-hydrogen) atoms. The van der Waals surface area contributed by atoms with Crippen molar-refractivity contribution in [2.45, 2.75) is 63.8 Å². The molecule has 1 aliphatic heterocycles. The maximum absolute atomic E-state index is 12.4. The quantitative estimate of drug-likeness (QED) is 0.732. The average Bonchev–Trinajstić information content (AvgIpc) is 2.76. The molecule has 0 unspecified atom stereocenters. The van der Waals surface area contributed by atoms with Gasteiger partial charge in [-0.1, -0.05) is 0 Å². The molecule has 146 valence electrons. The molecule has 5 aliphatic rings. The van der Waals surface area contributed by atoms with Crippen LogP contribution in [0.2, 0.25) is 0 Å². The molecule has 4 bridgehead atoms. The largest absolute Gasteiger partial charge is 0.456 e. The number of esters is 1. The lowest BCUT2D eigenvalue weighted by atomic mass is 9.49. The molecule has 4 saturated carbocycles. The van der Waals surface area contributed by atoms with Gasteiger partial charge in [0.1, 0.15) is 0 Å². The summed E-state index contributed by atoms with van der Waals surface area (Å²) in [4.78, 5) is 24.5. The summed E-state index contributed by atoms with van der Waals surface area (Å²) in [5, 5.41) is 2.73. The summed E-state index contributed by atoms with van der Waals surface area (Å²) in [7, 11) is -3.08. The topological polar surface area (TPSA) is 89.5 Å². The van der Waals surface area contributed by atoms with Crippen molar-refractivity contribution >= 4 is 21.7 Å². The maximum Gasteiger partial charge on any atom is 0.306 e. The minimum absolute atomic E-state index is 0.0486. The first-order valence-corrected chi connectivity index (χ1v) is 11.6. The van der Waals surface area contributed by atoms with Gasteiger partial charge in [0.05, 0.1) is 23.5 Å². The minimum atomic E-state index is -3.08. The second-order valence-electron chi connectivity index (χ2n) is 9.71. The zero-order valence-corrected chi connectivity index (χ0v) is 16.3. The Balaban J connectivity index is 1.26. The lowest BCUT2D eigenvalue weighted by Gasteiger charge is -2.56. The molecule has 1 atom stereocenters. The van der Waals surface area contributed by atoms with Crippen molar-refractivity contribution in [1.29, 1.82) is 0 Å². The lowest BCUT2D eigenvalue weighted by Crippen LogP contribution is -2.49. The number of carbonyl (C=O) groups is 2. The van der Waals surface area contributed by atoms with Crippen LogP contribution in [0, 0.1) is 23.2 Å². The number of sulfone groups is 1. The Morgan fingerprint density at radius 3 is 2.15 bits per heavy atom. The maximum atomic E-state index is 12.4. The summed E-state index contributed by atoms with van der Waals surface area (Å²) in [6.07, 6.45) is 8.23. The van der Waals surface area contributed by atoms with E-state index in [-0.39, 0.29) is 29.5 Å². The Bertz CT molecular complexity index is 680. The van der Waals surface area contributed by atoms with Crippen LogP contribution in [0.3, 0.4) is 0 Å². The zero-order chi connectivity index (χ0) is 18.6. The van der Waals surface area contributed by atoms with Crippen molar-refractivity contribution in [3.05, 3.63) is 0 Å². The number of nitrogens with one attached hydrogen (secondary N) is 1. The van der Waals surface area contributed by atoms with E-state index in [1.165, 1.54) is 19.3 Å². The fraction of sp³-hybridized carbons (Fsp3) is 0.895. The van der Waals surface area contributed by atoms with E-state index in [2.05, 4.69) is 5.32 Å². The monoisotopic (exact) mass is 383 g/mol. The van der Waals surface area contributed by atoms with Crippen molar-refractivity contribution < 1.29 is 22.7 Å². The number of rotatable bonds is 5. The molecule has 5 fully saturated rings. The van der Waals surface area contributed by atoms with Gasteiger partial charge in [-0.3, -0.25) is 9.59 Å². The second kappa shape index (κ2) is 6.21. The molecule has 0 spiro atoms. The van der Waals surface area contributed by atoms with Crippen LogP contribution in [0.15, 0.2) is 0 Å². The molecule has 5 rings (SSSR count). The van der Waals surface area contributed by atoms with Gasteiger partial charge in [0.25, 0.3) is 5.91 Å². The van der Waals surface area contributed by atoms with E-state index in [1.54, 1.807) is 6.92 Å². The van der Waals surface area contributed by atoms with E-state index in [1.807, 2.05) is 0 Å². The van der Waals surface area contributed by atoms with E-state index >= 15 is 0 Å². The summed E-state index contributed by atoms with van der Waals surface area (Å²) >= 11 is 0. The molecule has 0 aromatic heterocycles. The number of hydrogen-bond donors (Lipinski definition) is 1. The van der Waals surface area contributed by atoms with E-state index in [4.69, 9.17) is 4.74 Å². The smallest absolute Gasteiger partial charge is 0.306 e. The highest BCUT2D eigenvalue weighted by Gasteiger charge is 2.51. The molecule has 1 amide bonds.